The third kappa shape index (κ3) is 31.5. The first-order valence-electron chi connectivity index (χ1n) is 16.7. The highest BCUT2D eigenvalue weighted by atomic mass is 16.5. The molecule has 2 N–H and O–H groups in total. The molecule has 0 rings (SSSR count). The summed E-state index contributed by atoms with van der Waals surface area (Å²) in [4.78, 5) is 34.8. The molecule has 0 aliphatic carbocycles. The van der Waals surface area contributed by atoms with Crippen molar-refractivity contribution in [3.05, 3.63) is 85.1 Å². The maximum absolute atomic E-state index is 12.6. The molecule has 246 valence electrons. The van der Waals surface area contributed by atoms with Crippen LogP contribution in [0.4, 0.5) is 0 Å². The molecular formula is C38H59NO5. The lowest BCUT2D eigenvalue weighted by Gasteiger charge is -2.14. The van der Waals surface area contributed by atoms with Gasteiger partial charge in [-0.2, -0.15) is 0 Å². The number of rotatable bonds is 28. The summed E-state index contributed by atoms with van der Waals surface area (Å²) in [7, 11) is 0. The van der Waals surface area contributed by atoms with Crippen LogP contribution < -0.4 is 5.32 Å². The average molecular weight is 610 g/mol. The van der Waals surface area contributed by atoms with Crippen LogP contribution >= 0.6 is 0 Å². The Morgan fingerprint density at radius 2 is 1.11 bits per heavy atom. The molecule has 6 heteroatoms. The van der Waals surface area contributed by atoms with Crippen molar-refractivity contribution in [3.63, 3.8) is 0 Å². The molecule has 0 aromatic heterocycles. The molecule has 0 saturated heterocycles. The van der Waals surface area contributed by atoms with Crippen LogP contribution in [-0.4, -0.2) is 35.6 Å². The summed E-state index contributed by atoms with van der Waals surface area (Å²) in [6.07, 6.45) is 44.2. The molecule has 0 saturated carbocycles. The number of esters is 1. The zero-order valence-electron chi connectivity index (χ0n) is 27.5. The first-order chi connectivity index (χ1) is 21.5. The first kappa shape index (κ1) is 40.6. The minimum Gasteiger partial charge on any atom is -0.480 e. The number of carboxylic acids is 1. The molecule has 0 radical (unpaired) electrons. The number of hydrogen-bond donors (Lipinski definition) is 2. The van der Waals surface area contributed by atoms with Gasteiger partial charge in [0.15, 0.2) is 0 Å². The minimum absolute atomic E-state index is 0.164. The Labute approximate surface area is 267 Å². The van der Waals surface area contributed by atoms with Crippen molar-refractivity contribution in [1.29, 1.82) is 0 Å². The van der Waals surface area contributed by atoms with E-state index >= 15 is 0 Å². The number of unbranched alkanes of at least 4 members (excludes halogenated alkanes) is 5. The van der Waals surface area contributed by atoms with Gasteiger partial charge in [-0.25, -0.2) is 0 Å². The second-order valence-corrected chi connectivity index (χ2v) is 10.6. The van der Waals surface area contributed by atoms with Crippen LogP contribution in [0, 0.1) is 0 Å². The highest BCUT2D eigenvalue weighted by Gasteiger charge is 2.12. The molecule has 44 heavy (non-hydrogen) atoms. The molecule has 0 aromatic rings. The van der Waals surface area contributed by atoms with Gasteiger partial charge in [0.25, 0.3) is 0 Å². The predicted molar refractivity (Wildman–Crippen MR) is 184 cm³/mol. The number of ether oxygens (including phenoxy) is 1. The van der Waals surface area contributed by atoms with Crippen molar-refractivity contribution < 1.29 is 24.2 Å². The van der Waals surface area contributed by atoms with Crippen LogP contribution in [0.5, 0.6) is 0 Å². The highest BCUT2D eigenvalue weighted by molar-refractivity contribution is 5.80. The summed E-state index contributed by atoms with van der Waals surface area (Å²) in [6.45, 7) is 3.92. The average Bonchev–Trinajstić information content (AvgIpc) is 3.00. The fourth-order valence-corrected chi connectivity index (χ4v) is 4.14. The standard InChI is InChI=1S/C38H59NO5/c1-3-5-7-9-11-13-15-16-18-20-22-24-29-33-38(43)44-35(31-27-25-28-32-36(40)39-34-37(41)42)30-26-23-21-19-17-14-12-10-8-6-4-2/h5-8,11-14,16,18-19,21,26,30,35H,3-4,9-10,15,17,20,22-25,27-29,31-34H2,1-2H3,(H,39,40)(H,41,42)/b7-5-,8-6-,13-11-,14-12-,18-16-,21-19-,30-26-. The molecule has 0 spiro atoms. The van der Waals surface area contributed by atoms with Gasteiger partial charge in [-0.15, -0.1) is 0 Å². The van der Waals surface area contributed by atoms with Gasteiger partial charge in [0.05, 0.1) is 0 Å². The van der Waals surface area contributed by atoms with Gasteiger partial charge >= 0.3 is 11.9 Å². The van der Waals surface area contributed by atoms with E-state index in [1.807, 2.05) is 12.2 Å². The third-order valence-electron chi connectivity index (χ3n) is 6.55. The number of nitrogens with one attached hydrogen (secondary N) is 1. The maximum atomic E-state index is 12.6. The van der Waals surface area contributed by atoms with Gasteiger partial charge < -0.3 is 15.2 Å². The number of allylic oxidation sites excluding steroid dienone is 13. The topological polar surface area (TPSA) is 92.7 Å². The van der Waals surface area contributed by atoms with E-state index < -0.39 is 5.97 Å². The molecule has 1 amide bonds. The van der Waals surface area contributed by atoms with Gasteiger partial charge in [-0.05, 0) is 89.5 Å². The van der Waals surface area contributed by atoms with Gasteiger partial charge in [-0.1, -0.05) is 106 Å². The second-order valence-electron chi connectivity index (χ2n) is 10.6. The number of amides is 1. The van der Waals surface area contributed by atoms with E-state index in [1.165, 1.54) is 0 Å². The molecule has 0 fully saturated rings. The molecule has 1 atom stereocenters. The van der Waals surface area contributed by atoms with Crippen molar-refractivity contribution >= 4 is 17.8 Å². The maximum Gasteiger partial charge on any atom is 0.322 e. The van der Waals surface area contributed by atoms with E-state index in [2.05, 4.69) is 92.1 Å². The fourth-order valence-electron chi connectivity index (χ4n) is 4.14. The van der Waals surface area contributed by atoms with E-state index in [1.54, 1.807) is 0 Å². The van der Waals surface area contributed by atoms with Gasteiger partial charge in [0.2, 0.25) is 5.91 Å². The quantitative estimate of drug-likeness (QED) is 0.0523. The molecule has 0 bridgehead atoms. The summed E-state index contributed by atoms with van der Waals surface area (Å²) in [5, 5.41) is 11.0. The molecule has 0 aliphatic heterocycles. The zero-order chi connectivity index (χ0) is 32.4. The van der Waals surface area contributed by atoms with Crippen LogP contribution in [0.3, 0.4) is 0 Å². The molecule has 0 heterocycles. The largest absolute Gasteiger partial charge is 0.480 e. The van der Waals surface area contributed by atoms with Crippen molar-refractivity contribution in [2.24, 2.45) is 0 Å². The first-order valence-corrected chi connectivity index (χ1v) is 16.7. The summed E-state index contributed by atoms with van der Waals surface area (Å²) in [6, 6.07) is 0. The number of carbonyl (C=O) groups excluding carboxylic acids is 2. The lowest BCUT2D eigenvalue weighted by Crippen LogP contribution is -2.28. The SMILES string of the molecule is CC/C=C\C/C=C\C/C=C\C/C=C\C(CCCCCC(=O)NCC(=O)O)OC(=O)CCCCC/C=C\C/C=C\C/C=C\CC. The van der Waals surface area contributed by atoms with E-state index in [-0.39, 0.29) is 24.5 Å². The van der Waals surface area contributed by atoms with Crippen LogP contribution in [0.15, 0.2) is 85.1 Å². The summed E-state index contributed by atoms with van der Waals surface area (Å²) in [5.41, 5.74) is 0. The van der Waals surface area contributed by atoms with E-state index in [9.17, 15) is 14.4 Å². The Morgan fingerprint density at radius 3 is 1.68 bits per heavy atom. The summed E-state index contributed by atoms with van der Waals surface area (Å²) >= 11 is 0. The fraction of sp³-hybridized carbons (Fsp3) is 0.553. The van der Waals surface area contributed by atoms with Crippen molar-refractivity contribution in [2.45, 2.75) is 129 Å². The van der Waals surface area contributed by atoms with Gasteiger partial charge in [0.1, 0.15) is 12.6 Å². The summed E-state index contributed by atoms with van der Waals surface area (Å²) < 4.78 is 5.80. The van der Waals surface area contributed by atoms with E-state index in [0.29, 0.717) is 25.7 Å². The normalized spacial score (nSPS) is 13.1. The lowest BCUT2D eigenvalue weighted by atomic mass is 10.1. The highest BCUT2D eigenvalue weighted by Crippen LogP contribution is 2.13. The lowest BCUT2D eigenvalue weighted by molar-refractivity contribution is -0.147. The van der Waals surface area contributed by atoms with Crippen LogP contribution in [0.1, 0.15) is 123 Å². The Bertz CT molecular complexity index is 939. The smallest absolute Gasteiger partial charge is 0.322 e. The third-order valence-corrected chi connectivity index (χ3v) is 6.55. The molecule has 1 unspecified atom stereocenters. The van der Waals surface area contributed by atoms with Gasteiger partial charge in [0, 0.05) is 12.8 Å². The van der Waals surface area contributed by atoms with Gasteiger partial charge in [-0.3, -0.25) is 14.4 Å². The minimum atomic E-state index is -1.05. The van der Waals surface area contributed by atoms with Crippen molar-refractivity contribution in [3.8, 4) is 0 Å². The number of aliphatic carboxylic acids is 1. The Kier molecular flexibility index (Phi) is 30.0. The van der Waals surface area contributed by atoms with Crippen molar-refractivity contribution in [1.82, 2.24) is 5.32 Å². The number of carboxylic acid groups (broad SMARTS) is 1. The van der Waals surface area contributed by atoms with E-state index in [0.717, 1.165) is 83.5 Å². The molecule has 0 aliphatic rings. The monoisotopic (exact) mass is 609 g/mol. The Hall–Kier alpha value is -3.41. The van der Waals surface area contributed by atoms with Crippen LogP contribution in [0.25, 0.3) is 0 Å². The Morgan fingerprint density at radius 1 is 0.614 bits per heavy atom. The molecule has 6 nitrogen and oxygen atoms in total. The van der Waals surface area contributed by atoms with Crippen LogP contribution in [-0.2, 0) is 19.1 Å². The van der Waals surface area contributed by atoms with Crippen molar-refractivity contribution in [2.75, 3.05) is 6.54 Å². The van der Waals surface area contributed by atoms with E-state index in [4.69, 9.17) is 9.84 Å². The zero-order valence-corrected chi connectivity index (χ0v) is 27.5. The van der Waals surface area contributed by atoms with Crippen LogP contribution in [0.2, 0.25) is 0 Å². The predicted octanol–water partition coefficient (Wildman–Crippen LogP) is 9.66. The molecule has 0 aromatic carbocycles. The second kappa shape index (κ2) is 32.5. The molecular weight excluding hydrogens is 550 g/mol. The number of hydrogen-bond acceptors (Lipinski definition) is 4. The Balaban J connectivity index is 4.45. The number of carbonyl (C=O) groups is 3. The summed E-state index contributed by atoms with van der Waals surface area (Å²) in [5.74, 6) is -1.46.